The molecule has 0 aliphatic heterocycles. The highest BCUT2D eigenvalue weighted by atomic mass is 16.4. The van der Waals surface area contributed by atoms with Gasteiger partial charge in [0, 0.05) is 0 Å². The van der Waals surface area contributed by atoms with Crippen LogP contribution in [-0.2, 0) is 6.42 Å². The van der Waals surface area contributed by atoms with Crippen LogP contribution in [0.25, 0.3) is 11.1 Å². The highest BCUT2D eigenvalue weighted by Gasteiger charge is 2.11. The molecule has 0 unspecified atom stereocenters. The molecule has 0 aromatic heterocycles. The van der Waals surface area contributed by atoms with Crippen LogP contribution in [0.2, 0.25) is 0 Å². The third-order valence-electron chi connectivity index (χ3n) is 3.06. The van der Waals surface area contributed by atoms with Gasteiger partial charge in [0.2, 0.25) is 0 Å². The third-order valence-corrected chi connectivity index (χ3v) is 3.06. The largest absolute Gasteiger partial charge is 0.508 e. The van der Waals surface area contributed by atoms with Crippen molar-refractivity contribution in [3.8, 4) is 16.9 Å². The summed E-state index contributed by atoms with van der Waals surface area (Å²) in [6.07, 6.45) is 1.68. The summed E-state index contributed by atoms with van der Waals surface area (Å²) in [6.45, 7) is 2.03. The molecular weight excluding hydrogens is 240 g/mol. The van der Waals surface area contributed by atoms with E-state index < -0.39 is 5.97 Å². The maximum absolute atomic E-state index is 11.3. The van der Waals surface area contributed by atoms with E-state index in [-0.39, 0.29) is 5.75 Å². The van der Waals surface area contributed by atoms with Gasteiger partial charge in [-0.2, -0.15) is 0 Å². The van der Waals surface area contributed by atoms with Crippen LogP contribution in [-0.4, -0.2) is 16.2 Å². The second-order valence-corrected chi connectivity index (χ2v) is 4.47. The topological polar surface area (TPSA) is 57.5 Å². The lowest BCUT2D eigenvalue weighted by atomic mass is 9.97. The monoisotopic (exact) mass is 256 g/mol. The van der Waals surface area contributed by atoms with Crippen molar-refractivity contribution in [3.63, 3.8) is 0 Å². The predicted octanol–water partition coefficient (Wildman–Crippen LogP) is 3.71. The van der Waals surface area contributed by atoms with Crippen molar-refractivity contribution < 1.29 is 15.0 Å². The minimum absolute atomic E-state index is 0.199. The van der Waals surface area contributed by atoms with Crippen LogP contribution in [0.4, 0.5) is 0 Å². The number of hydrogen-bond acceptors (Lipinski definition) is 2. The number of aromatic carboxylic acids is 1. The Morgan fingerprint density at radius 1 is 1.05 bits per heavy atom. The summed E-state index contributed by atoms with van der Waals surface area (Å²) in [7, 11) is 0. The van der Waals surface area contributed by atoms with Crippen molar-refractivity contribution in [1.82, 2.24) is 0 Å². The molecule has 0 fully saturated rings. The van der Waals surface area contributed by atoms with E-state index in [9.17, 15) is 15.0 Å². The first-order valence-corrected chi connectivity index (χ1v) is 6.27. The Morgan fingerprint density at radius 2 is 1.68 bits per heavy atom. The summed E-state index contributed by atoms with van der Waals surface area (Å²) in [5.41, 5.74) is 2.95. The van der Waals surface area contributed by atoms with E-state index in [0.29, 0.717) is 5.56 Å². The summed E-state index contributed by atoms with van der Waals surface area (Å²) in [5.74, 6) is -0.700. The fourth-order valence-corrected chi connectivity index (χ4v) is 2.10. The number of phenolic OH excluding ortho intramolecular Hbond substituents is 1. The Balaban J connectivity index is 2.45. The average Bonchev–Trinajstić information content (AvgIpc) is 2.40. The lowest BCUT2D eigenvalue weighted by Crippen LogP contribution is -2.02. The van der Waals surface area contributed by atoms with Gasteiger partial charge in [0.1, 0.15) is 5.75 Å². The van der Waals surface area contributed by atoms with Crippen molar-refractivity contribution >= 4 is 5.97 Å². The van der Waals surface area contributed by atoms with Crippen LogP contribution in [0.1, 0.15) is 29.3 Å². The van der Waals surface area contributed by atoms with Crippen LogP contribution < -0.4 is 0 Å². The molecule has 0 bridgehead atoms. The van der Waals surface area contributed by atoms with Gasteiger partial charge in [-0.1, -0.05) is 37.6 Å². The van der Waals surface area contributed by atoms with E-state index in [0.717, 1.165) is 29.5 Å². The SMILES string of the molecule is CCCc1ccc(-c2ccc(O)cc2)cc1C(=O)O. The number of carboxylic acid groups (broad SMARTS) is 1. The molecule has 19 heavy (non-hydrogen) atoms. The molecule has 2 aromatic carbocycles. The van der Waals surface area contributed by atoms with Crippen LogP contribution >= 0.6 is 0 Å². The number of rotatable bonds is 4. The number of carboxylic acids is 1. The number of aromatic hydroxyl groups is 1. The molecule has 0 heterocycles. The average molecular weight is 256 g/mol. The van der Waals surface area contributed by atoms with Crippen molar-refractivity contribution in [1.29, 1.82) is 0 Å². The van der Waals surface area contributed by atoms with E-state index in [4.69, 9.17) is 0 Å². The van der Waals surface area contributed by atoms with E-state index >= 15 is 0 Å². The summed E-state index contributed by atoms with van der Waals surface area (Å²) in [5, 5.41) is 18.5. The Kier molecular flexibility index (Phi) is 3.85. The summed E-state index contributed by atoms with van der Waals surface area (Å²) < 4.78 is 0. The fraction of sp³-hybridized carbons (Fsp3) is 0.188. The van der Waals surface area contributed by atoms with Crippen LogP contribution in [0.5, 0.6) is 5.75 Å². The first-order chi connectivity index (χ1) is 9.11. The van der Waals surface area contributed by atoms with Crippen LogP contribution in [0.3, 0.4) is 0 Å². The first kappa shape index (κ1) is 13.1. The van der Waals surface area contributed by atoms with Crippen molar-refractivity contribution in [2.45, 2.75) is 19.8 Å². The minimum atomic E-state index is -0.899. The Labute approximate surface area is 112 Å². The van der Waals surface area contributed by atoms with Gasteiger partial charge in [-0.3, -0.25) is 0 Å². The fourth-order valence-electron chi connectivity index (χ4n) is 2.10. The predicted molar refractivity (Wildman–Crippen MR) is 74.5 cm³/mol. The molecule has 0 aliphatic rings. The van der Waals surface area contributed by atoms with Gasteiger partial charge in [0.05, 0.1) is 5.56 Å². The maximum Gasteiger partial charge on any atom is 0.335 e. The molecule has 0 amide bonds. The lowest BCUT2D eigenvalue weighted by molar-refractivity contribution is 0.0695. The number of benzene rings is 2. The Hall–Kier alpha value is -2.29. The van der Waals surface area contributed by atoms with Crippen LogP contribution in [0, 0.1) is 0 Å². The molecule has 0 atom stereocenters. The van der Waals surface area contributed by atoms with Gasteiger partial charge in [0.15, 0.2) is 0 Å². The number of aryl methyl sites for hydroxylation is 1. The second kappa shape index (κ2) is 5.57. The molecule has 0 saturated heterocycles. The van der Waals surface area contributed by atoms with Crippen molar-refractivity contribution in [3.05, 3.63) is 53.6 Å². The second-order valence-electron chi connectivity index (χ2n) is 4.47. The van der Waals surface area contributed by atoms with Gasteiger partial charge in [0.25, 0.3) is 0 Å². The van der Waals surface area contributed by atoms with E-state index in [1.54, 1.807) is 30.3 Å². The zero-order valence-electron chi connectivity index (χ0n) is 10.8. The molecular formula is C16H16O3. The highest BCUT2D eigenvalue weighted by molar-refractivity contribution is 5.91. The van der Waals surface area contributed by atoms with Gasteiger partial charge in [-0.15, -0.1) is 0 Å². The Morgan fingerprint density at radius 3 is 2.26 bits per heavy atom. The minimum Gasteiger partial charge on any atom is -0.508 e. The summed E-state index contributed by atoms with van der Waals surface area (Å²) >= 11 is 0. The molecule has 3 nitrogen and oxygen atoms in total. The normalized spacial score (nSPS) is 10.4. The molecule has 0 saturated carbocycles. The molecule has 0 aliphatic carbocycles. The van der Waals surface area contributed by atoms with Gasteiger partial charge >= 0.3 is 5.97 Å². The van der Waals surface area contributed by atoms with E-state index in [1.165, 1.54) is 0 Å². The standard InChI is InChI=1S/C16H16O3/c1-2-3-12-4-5-13(10-15(12)16(18)19)11-6-8-14(17)9-7-11/h4-10,17H,2-3H2,1H3,(H,18,19). The summed E-state index contributed by atoms with van der Waals surface area (Å²) in [4.78, 5) is 11.3. The molecule has 0 radical (unpaired) electrons. The highest BCUT2D eigenvalue weighted by Crippen LogP contribution is 2.25. The molecule has 2 rings (SSSR count). The third kappa shape index (κ3) is 2.94. The van der Waals surface area contributed by atoms with Crippen molar-refractivity contribution in [2.75, 3.05) is 0 Å². The van der Waals surface area contributed by atoms with Gasteiger partial charge in [-0.25, -0.2) is 4.79 Å². The Bertz CT molecular complexity index is 585. The molecule has 2 aromatic rings. The molecule has 2 N–H and O–H groups in total. The van der Waals surface area contributed by atoms with Crippen molar-refractivity contribution in [2.24, 2.45) is 0 Å². The molecule has 98 valence electrons. The number of hydrogen-bond donors (Lipinski definition) is 2. The first-order valence-electron chi connectivity index (χ1n) is 6.27. The quantitative estimate of drug-likeness (QED) is 0.876. The van der Waals surface area contributed by atoms with Crippen LogP contribution in [0.15, 0.2) is 42.5 Å². The van der Waals surface area contributed by atoms with Gasteiger partial charge in [-0.05, 0) is 41.3 Å². The maximum atomic E-state index is 11.3. The zero-order valence-corrected chi connectivity index (χ0v) is 10.8. The summed E-state index contributed by atoms with van der Waals surface area (Å²) in [6, 6.07) is 12.2. The zero-order chi connectivity index (χ0) is 13.8. The number of phenols is 1. The van der Waals surface area contributed by atoms with E-state index in [2.05, 4.69) is 0 Å². The molecule has 3 heteroatoms. The van der Waals surface area contributed by atoms with Gasteiger partial charge < -0.3 is 10.2 Å². The molecule has 0 spiro atoms. The van der Waals surface area contributed by atoms with E-state index in [1.807, 2.05) is 19.1 Å². The lowest BCUT2D eigenvalue weighted by Gasteiger charge is -2.08. The number of carbonyl (C=O) groups is 1. The smallest absolute Gasteiger partial charge is 0.335 e.